The van der Waals surface area contributed by atoms with Crippen molar-refractivity contribution in [2.45, 2.75) is 6.92 Å². The van der Waals surface area contributed by atoms with Gasteiger partial charge in [-0.2, -0.15) is 0 Å². The third-order valence-electron chi connectivity index (χ3n) is 2.45. The lowest BCUT2D eigenvalue weighted by atomic mass is 10.0. The van der Waals surface area contributed by atoms with Crippen LogP contribution in [0.3, 0.4) is 0 Å². The molecule has 1 heterocycles. The molecule has 88 valence electrons. The standard InChI is InChI=1S/C12H10F2N2O/c1-7-3-4-8(13)10(11(7)14)12(17)9-5-16(2)6-15-9/h3-6H,1-2H3. The number of aryl methyl sites for hydroxylation is 2. The monoisotopic (exact) mass is 236 g/mol. The van der Waals surface area contributed by atoms with Gasteiger partial charge in [0.2, 0.25) is 5.78 Å². The lowest BCUT2D eigenvalue weighted by Gasteiger charge is -2.04. The maximum atomic E-state index is 13.7. The van der Waals surface area contributed by atoms with Gasteiger partial charge in [-0.15, -0.1) is 0 Å². The van der Waals surface area contributed by atoms with Gasteiger partial charge in [0.05, 0.1) is 11.9 Å². The summed E-state index contributed by atoms with van der Waals surface area (Å²) in [5, 5.41) is 0. The van der Waals surface area contributed by atoms with Gasteiger partial charge in [0.25, 0.3) is 0 Å². The normalized spacial score (nSPS) is 10.6. The zero-order chi connectivity index (χ0) is 12.6. The van der Waals surface area contributed by atoms with Crippen molar-refractivity contribution in [3.05, 3.63) is 53.1 Å². The minimum atomic E-state index is -0.872. The molecule has 0 saturated heterocycles. The highest BCUT2D eigenvalue weighted by molar-refractivity contribution is 6.08. The first-order valence-electron chi connectivity index (χ1n) is 4.98. The van der Waals surface area contributed by atoms with Crippen LogP contribution in [-0.4, -0.2) is 15.3 Å². The van der Waals surface area contributed by atoms with Crippen molar-refractivity contribution < 1.29 is 13.6 Å². The van der Waals surface area contributed by atoms with Crippen LogP contribution in [0.5, 0.6) is 0 Å². The van der Waals surface area contributed by atoms with Crippen molar-refractivity contribution >= 4 is 5.78 Å². The van der Waals surface area contributed by atoms with Gasteiger partial charge in [0.1, 0.15) is 17.3 Å². The molecule has 2 aromatic rings. The molecule has 0 bridgehead atoms. The lowest BCUT2D eigenvalue weighted by Crippen LogP contribution is -2.09. The Labute approximate surface area is 96.7 Å². The van der Waals surface area contributed by atoms with Gasteiger partial charge in [-0.25, -0.2) is 13.8 Å². The average molecular weight is 236 g/mol. The first-order valence-corrected chi connectivity index (χ1v) is 4.98. The van der Waals surface area contributed by atoms with Gasteiger partial charge in [0.15, 0.2) is 0 Å². The van der Waals surface area contributed by atoms with Crippen molar-refractivity contribution in [2.75, 3.05) is 0 Å². The van der Waals surface area contributed by atoms with Crippen LogP contribution in [0.2, 0.25) is 0 Å². The van der Waals surface area contributed by atoms with Crippen LogP contribution in [0.25, 0.3) is 0 Å². The second-order valence-corrected chi connectivity index (χ2v) is 3.81. The fourth-order valence-corrected chi connectivity index (χ4v) is 1.52. The van der Waals surface area contributed by atoms with Gasteiger partial charge in [0, 0.05) is 13.2 Å². The molecule has 0 amide bonds. The van der Waals surface area contributed by atoms with Crippen LogP contribution < -0.4 is 0 Å². The number of rotatable bonds is 2. The summed E-state index contributed by atoms with van der Waals surface area (Å²) >= 11 is 0. The molecule has 17 heavy (non-hydrogen) atoms. The number of halogens is 2. The summed E-state index contributed by atoms with van der Waals surface area (Å²) in [4.78, 5) is 15.7. The summed E-state index contributed by atoms with van der Waals surface area (Å²) in [6.45, 7) is 1.48. The first-order chi connectivity index (χ1) is 8.00. The molecule has 0 radical (unpaired) electrons. The second kappa shape index (κ2) is 4.08. The fourth-order valence-electron chi connectivity index (χ4n) is 1.52. The Bertz CT molecular complexity index is 590. The SMILES string of the molecule is Cc1ccc(F)c(C(=O)c2cn(C)cn2)c1F. The highest BCUT2D eigenvalue weighted by Gasteiger charge is 2.21. The van der Waals surface area contributed by atoms with Crippen LogP contribution in [0.1, 0.15) is 21.6 Å². The van der Waals surface area contributed by atoms with Gasteiger partial charge in [-0.1, -0.05) is 6.07 Å². The smallest absolute Gasteiger partial charge is 0.218 e. The highest BCUT2D eigenvalue weighted by Crippen LogP contribution is 2.19. The van der Waals surface area contributed by atoms with Gasteiger partial charge in [-0.05, 0) is 18.6 Å². The van der Waals surface area contributed by atoms with Crippen LogP contribution in [0.15, 0.2) is 24.7 Å². The Morgan fingerprint density at radius 2 is 2.06 bits per heavy atom. The van der Waals surface area contributed by atoms with E-state index < -0.39 is 23.0 Å². The third-order valence-corrected chi connectivity index (χ3v) is 2.45. The number of benzene rings is 1. The van der Waals surface area contributed by atoms with E-state index in [4.69, 9.17) is 0 Å². The van der Waals surface area contributed by atoms with Crippen LogP contribution >= 0.6 is 0 Å². The molecule has 0 saturated carbocycles. The number of hydrogen-bond acceptors (Lipinski definition) is 2. The summed E-state index contributed by atoms with van der Waals surface area (Å²) < 4.78 is 28.7. The molecule has 0 atom stereocenters. The Kier molecular flexibility index (Phi) is 2.75. The molecule has 0 fully saturated rings. The second-order valence-electron chi connectivity index (χ2n) is 3.81. The van der Waals surface area contributed by atoms with Crippen molar-refractivity contribution in [1.29, 1.82) is 0 Å². The zero-order valence-corrected chi connectivity index (χ0v) is 9.37. The minimum Gasteiger partial charge on any atom is -0.340 e. The molecule has 0 aliphatic carbocycles. The average Bonchev–Trinajstić information content (AvgIpc) is 2.71. The number of carbonyl (C=O) groups is 1. The largest absolute Gasteiger partial charge is 0.340 e. The van der Waals surface area contributed by atoms with E-state index in [0.717, 1.165) is 6.07 Å². The minimum absolute atomic E-state index is 0.0240. The topological polar surface area (TPSA) is 34.9 Å². The predicted molar refractivity (Wildman–Crippen MR) is 57.7 cm³/mol. The van der Waals surface area contributed by atoms with E-state index in [2.05, 4.69) is 4.98 Å². The lowest BCUT2D eigenvalue weighted by molar-refractivity contribution is 0.102. The highest BCUT2D eigenvalue weighted by atomic mass is 19.1. The molecule has 2 rings (SSSR count). The molecule has 0 aliphatic rings. The fraction of sp³-hybridized carbons (Fsp3) is 0.167. The van der Waals surface area contributed by atoms with Crippen molar-refractivity contribution in [3.8, 4) is 0 Å². The molecular weight excluding hydrogens is 226 g/mol. The summed E-state index contributed by atoms with van der Waals surface area (Å²) in [5.41, 5.74) is -0.301. The predicted octanol–water partition coefficient (Wildman–Crippen LogP) is 2.24. The molecule has 0 N–H and O–H groups in total. The van der Waals surface area contributed by atoms with Crippen LogP contribution in [0, 0.1) is 18.6 Å². The maximum absolute atomic E-state index is 13.7. The van der Waals surface area contributed by atoms with E-state index in [9.17, 15) is 13.6 Å². The maximum Gasteiger partial charge on any atom is 0.218 e. The first kappa shape index (κ1) is 11.4. The van der Waals surface area contributed by atoms with Gasteiger partial charge in [-0.3, -0.25) is 4.79 Å². The number of aromatic nitrogens is 2. The van der Waals surface area contributed by atoms with E-state index in [1.807, 2.05) is 0 Å². The molecular formula is C12H10F2N2O. The van der Waals surface area contributed by atoms with Crippen molar-refractivity contribution in [3.63, 3.8) is 0 Å². The van der Waals surface area contributed by atoms with Gasteiger partial charge >= 0.3 is 0 Å². The quantitative estimate of drug-likeness (QED) is 0.749. The molecule has 1 aromatic heterocycles. The Morgan fingerprint density at radius 3 is 2.65 bits per heavy atom. The molecule has 5 heteroatoms. The molecule has 3 nitrogen and oxygen atoms in total. The third kappa shape index (κ3) is 1.95. The van der Waals surface area contributed by atoms with Crippen molar-refractivity contribution in [1.82, 2.24) is 9.55 Å². The van der Waals surface area contributed by atoms with E-state index >= 15 is 0 Å². The zero-order valence-electron chi connectivity index (χ0n) is 9.37. The van der Waals surface area contributed by atoms with E-state index in [0.29, 0.717) is 0 Å². The van der Waals surface area contributed by atoms with E-state index in [-0.39, 0.29) is 11.3 Å². The Morgan fingerprint density at radius 1 is 1.35 bits per heavy atom. The number of hydrogen-bond donors (Lipinski definition) is 0. The number of carbonyl (C=O) groups excluding carboxylic acids is 1. The number of nitrogens with zero attached hydrogens (tertiary/aromatic N) is 2. The van der Waals surface area contributed by atoms with E-state index in [1.165, 1.54) is 25.5 Å². The Hall–Kier alpha value is -2.04. The molecule has 0 aliphatic heterocycles. The number of ketones is 1. The Balaban J connectivity index is 2.54. The molecule has 0 spiro atoms. The van der Waals surface area contributed by atoms with E-state index in [1.54, 1.807) is 11.6 Å². The van der Waals surface area contributed by atoms with Crippen molar-refractivity contribution in [2.24, 2.45) is 7.05 Å². The summed E-state index contributed by atoms with van der Waals surface area (Å²) in [6, 6.07) is 2.37. The number of imidazole rings is 1. The molecule has 1 aromatic carbocycles. The summed E-state index contributed by atoms with van der Waals surface area (Å²) in [6.07, 6.45) is 2.82. The van der Waals surface area contributed by atoms with Gasteiger partial charge < -0.3 is 4.57 Å². The summed E-state index contributed by atoms with van der Waals surface area (Å²) in [5.74, 6) is -2.45. The van der Waals surface area contributed by atoms with Crippen LogP contribution in [-0.2, 0) is 7.05 Å². The summed E-state index contributed by atoms with van der Waals surface area (Å²) in [7, 11) is 1.67. The van der Waals surface area contributed by atoms with Crippen LogP contribution in [0.4, 0.5) is 8.78 Å². The molecule has 0 unspecified atom stereocenters.